The van der Waals surface area contributed by atoms with E-state index in [9.17, 15) is 26.7 Å². The van der Waals surface area contributed by atoms with E-state index in [1.165, 1.54) is 18.3 Å². The number of rotatable bonds is 3. The van der Waals surface area contributed by atoms with Gasteiger partial charge < -0.3 is 5.11 Å². The minimum atomic E-state index is -4.62. The molecule has 0 amide bonds. The van der Waals surface area contributed by atoms with Gasteiger partial charge in [-0.25, -0.2) is 17.7 Å². The van der Waals surface area contributed by atoms with Gasteiger partial charge in [0.2, 0.25) is 5.88 Å². The molecule has 0 spiro atoms. The Balaban J connectivity index is 1.66. The summed E-state index contributed by atoms with van der Waals surface area (Å²) in [7, 11) is -4.01. The van der Waals surface area contributed by atoms with Gasteiger partial charge in [0.05, 0.1) is 21.2 Å². The van der Waals surface area contributed by atoms with Gasteiger partial charge in [0, 0.05) is 23.9 Å². The van der Waals surface area contributed by atoms with E-state index in [1.807, 2.05) is 6.92 Å². The quantitative estimate of drug-likeness (QED) is 0.382. The van der Waals surface area contributed by atoms with Crippen LogP contribution in [-0.4, -0.2) is 34.8 Å². The number of halogens is 4. The van der Waals surface area contributed by atoms with Crippen LogP contribution in [0.25, 0.3) is 16.9 Å². The molecule has 1 aliphatic heterocycles. The lowest BCUT2D eigenvalue weighted by molar-refractivity contribution is -0.137. The first kappa shape index (κ1) is 24.1. The summed E-state index contributed by atoms with van der Waals surface area (Å²) < 4.78 is 69.0. The van der Waals surface area contributed by atoms with Crippen molar-refractivity contribution in [2.24, 2.45) is 0 Å². The SMILES string of the molecule is Cc1ccc(S(=O)(=O)N2CCc3c(nn(-c4cc(C(F)(F)F)ccc4Cl)c3O)-c3cccnc32)cc1. The highest BCUT2D eigenvalue weighted by atomic mass is 35.5. The second-order valence-corrected chi connectivity index (χ2v) is 10.5. The molecule has 3 heterocycles. The van der Waals surface area contributed by atoms with Gasteiger partial charge in [-0.3, -0.25) is 0 Å². The maximum Gasteiger partial charge on any atom is 0.416 e. The van der Waals surface area contributed by atoms with Crippen LogP contribution in [0.3, 0.4) is 0 Å². The fraction of sp³-hybridized carbons (Fsp3) is 0.167. The van der Waals surface area contributed by atoms with Crippen LogP contribution in [0, 0.1) is 6.92 Å². The minimum Gasteiger partial charge on any atom is -0.493 e. The van der Waals surface area contributed by atoms with Crippen LogP contribution in [0.2, 0.25) is 5.02 Å². The molecule has 1 N–H and O–H groups in total. The highest BCUT2D eigenvalue weighted by molar-refractivity contribution is 7.92. The molecule has 0 bridgehead atoms. The molecule has 0 saturated carbocycles. The van der Waals surface area contributed by atoms with Gasteiger partial charge in [0.15, 0.2) is 5.82 Å². The van der Waals surface area contributed by atoms with E-state index in [4.69, 9.17) is 11.6 Å². The lowest BCUT2D eigenvalue weighted by Gasteiger charge is -2.23. The number of hydrogen-bond donors (Lipinski definition) is 1. The third-order valence-electron chi connectivity index (χ3n) is 5.91. The predicted octanol–water partition coefficient (Wildman–Crippen LogP) is 5.37. The average molecular weight is 535 g/mol. The number of benzene rings is 2. The molecule has 1 aliphatic rings. The van der Waals surface area contributed by atoms with Gasteiger partial charge in [-0.15, -0.1) is 0 Å². The molecule has 0 unspecified atom stereocenters. The zero-order chi connectivity index (χ0) is 25.8. The number of aromatic hydroxyl groups is 1. The number of pyridine rings is 1. The van der Waals surface area contributed by atoms with Gasteiger partial charge in [-0.1, -0.05) is 29.3 Å². The van der Waals surface area contributed by atoms with E-state index in [0.717, 1.165) is 32.7 Å². The fourth-order valence-electron chi connectivity index (χ4n) is 4.08. The Hall–Kier alpha value is -3.57. The molecule has 2 aromatic carbocycles. The van der Waals surface area contributed by atoms with Crippen LogP contribution in [0.5, 0.6) is 5.88 Å². The van der Waals surface area contributed by atoms with Crippen molar-refractivity contribution >= 4 is 27.4 Å². The third kappa shape index (κ3) is 3.97. The number of aryl methyl sites for hydroxylation is 1. The van der Waals surface area contributed by atoms with Crippen LogP contribution >= 0.6 is 11.6 Å². The summed E-state index contributed by atoms with van der Waals surface area (Å²) in [6.07, 6.45) is -3.16. The Morgan fingerprint density at radius 3 is 2.50 bits per heavy atom. The molecule has 0 radical (unpaired) electrons. The minimum absolute atomic E-state index is 0.0270. The van der Waals surface area contributed by atoms with E-state index in [1.54, 1.807) is 24.3 Å². The smallest absolute Gasteiger partial charge is 0.416 e. The molecule has 4 aromatic rings. The topological polar surface area (TPSA) is 88.3 Å². The highest BCUT2D eigenvalue weighted by Gasteiger charge is 2.35. The normalized spacial score (nSPS) is 13.8. The number of alkyl halides is 3. The number of sulfonamides is 1. The summed E-state index contributed by atoms with van der Waals surface area (Å²) in [5.41, 5.74) is 0.551. The first-order chi connectivity index (χ1) is 17.0. The number of hydrogen-bond acceptors (Lipinski definition) is 5. The number of fused-ring (bicyclic) bond motifs is 3. The van der Waals surface area contributed by atoms with Gasteiger partial charge in [-0.2, -0.15) is 23.0 Å². The zero-order valence-corrected chi connectivity index (χ0v) is 20.2. The summed E-state index contributed by atoms with van der Waals surface area (Å²) in [4.78, 5) is 4.36. The van der Waals surface area contributed by atoms with Crippen molar-refractivity contribution in [2.75, 3.05) is 10.8 Å². The van der Waals surface area contributed by atoms with Crippen LogP contribution < -0.4 is 4.31 Å². The lowest BCUT2D eigenvalue weighted by atomic mass is 10.1. The van der Waals surface area contributed by atoms with Crippen molar-refractivity contribution in [3.8, 4) is 22.8 Å². The Morgan fingerprint density at radius 2 is 1.81 bits per heavy atom. The molecule has 12 heteroatoms. The Morgan fingerprint density at radius 1 is 1.08 bits per heavy atom. The molecule has 5 rings (SSSR count). The van der Waals surface area contributed by atoms with Crippen LogP contribution in [0.1, 0.15) is 16.7 Å². The van der Waals surface area contributed by atoms with Crippen molar-refractivity contribution in [1.29, 1.82) is 0 Å². The van der Waals surface area contributed by atoms with Gasteiger partial charge >= 0.3 is 6.18 Å². The molecular weight excluding hydrogens is 517 g/mol. The molecule has 0 saturated heterocycles. The molecule has 36 heavy (non-hydrogen) atoms. The second-order valence-electron chi connectivity index (χ2n) is 8.24. The first-order valence-electron chi connectivity index (χ1n) is 10.7. The fourth-order valence-corrected chi connectivity index (χ4v) is 5.72. The summed E-state index contributed by atoms with van der Waals surface area (Å²) in [6.45, 7) is 1.76. The van der Waals surface area contributed by atoms with Crippen LogP contribution in [0.15, 0.2) is 65.7 Å². The van der Waals surface area contributed by atoms with E-state index >= 15 is 0 Å². The van der Waals surface area contributed by atoms with Crippen molar-refractivity contribution in [3.63, 3.8) is 0 Å². The number of anilines is 1. The Bertz CT molecular complexity index is 1590. The molecule has 2 aromatic heterocycles. The van der Waals surface area contributed by atoms with E-state index < -0.39 is 27.6 Å². The van der Waals surface area contributed by atoms with Crippen LogP contribution in [0.4, 0.5) is 19.0 Å². The van der Waals surface area contributed by atoms with Crippen molar-refractivity contribution in [3.05, 3.63) is 82.5 Å². The Labute approximate surface area is 209 Å². The molecule has 0 aliphatic carbocycles. The van der Waals surface area contributed by atoms with E-state index in [2.05, 4.69) is 10.1 Å². The van der Waals surface area contributed by atoms with Crippen molar-refractivity contribution in [1.82, 2.24) is 14.8 Å². The van der Waals surface area contributed by atoms with E-state index in [-0.39, 0.29) is 45.6 Å². The standard InChI is InChI=1S/C24H18ClF3N4O3S/c1-14-4-7-16(8-5-14)36(34,35)31-12-10-18-21(17-3-2-11-29-22(17)31)30-32(23(18)33)20-13-15(24(26,27)28)6-9-19(20)25/h2-9,11,13,33H,10,12H2,1H3. The lowest BCUT2D eigenvalue weighted by Crippen LogP contribution is -2.33. The highest BCUT2D eigenvalue weighted by Crippen LogP contribution is 2.42. The molecular formula is C24H18ClF3N4O3S. The largest absolute Gasteiger partial charge is 0.493 e. The second kappa shape index (κ2) is 8.52. The third-order valence-corrected chi connectivity index (χ3v) is 8.03. The van der Waals surface area contributed by atoms with Gasteiger partial charge in [-0.05, 0) is 55.8 Å². The average Bonchev–Trinajstić information content (AvgIpc) is 3.05. The summed E-state index contributed by atoms with van der Waals surface area (Å²) in [5, 5.41) is 15.3. The summed E-state index contributed by atoms with van der Waals surface area (Å²) in [6, 6.07) is 12.3. The summed E-state index contributed by atoms with van der Waals surface area (Å²) in [5.74, 6) is -0.341. The van der Waals surface area contributed by atoms with Crippen LogP contribution in [-0.2, 0) is 22.6 Å². The molecule has 0 fully saturated rings. The molecule has 186 valence electrons. The number of nitrogens with zero attached hydrogens (tertiary/aromatic N) is 4. The van der Waals surface area contributed by atoms with Gasteiger partial charge in [0.25, 0.3) is 10.0 Å². The van der Waals surface area contributed by atoms with Gasteiger partial charge in [0.1, 0.15) is 5.69 Å². The first-order valence-corrected chi connectivity index (χ1v) is 12.5. The van der Waals surface area contributed by atoms with E-state index in [0.29, 0.717) is 5.56 Å². The predicted molar refractivity (Wildman–Crippen MR) is 128 cm³/mol. The zero-order valence-electron chi connectivity index (χ0n) is 18.7. The molecule has 7 nitrogen and oxygen atoms in total. The number of aromatic nitrogens is 3. The van der Waals surface area contributed by atoms with Crippen molar-refractivity contribution in [2.45, 2.75) is 24.4 Å². The maximum atomic E-state index is 13.5. The summed E-state index contributed by atoms with van der Waals surface area (Å²) >= 11 is 6.17. The maximum absolute atomic E-state index is 13.5. The monoisotopic (exact) mass is 534 g/mol. The van der Waals surface area contributed by atoms with Crippen molar-refractivity contribution < 1.29 is 26.7 Å². The Kier molecular flexibility index (Phi) is 5.72. The molecule has 0 atom stereocenters.